The van der Waals surface area contributed by atoms with Crippen molar-refractivity contribution >= 4 is 17.1 Å². The van der Waals surface area contributed by atoms with Crippen LogP contribution in [0, 0.1) is 6.92 Å². The summed E-state index contributed by atoms with van der Waals surface area (Å²) < 4.78 is 6.84. The zero-order chi connectivity index (χ0) is 14.3. The number of hydrogen-bond donors (Lipinski definition) is 2. The molecule has 2 heterocycles. The van der Waals surface area contributed by atoms with E-state index in [4.69, 9.17) is 10.5 Å². The second-order valence-corrected chi connectivity index (χ2v) is 4.30. The minimum atomic E-state index is -0.289. The maximum absolute atomic E-state index is 12.2. The number of methoxy groups -OCH3 is 1. The van der Waals surface area contributed by atoms with Gasteiger partial charge in [0.05, 0.1) is 12.8 Å². The smallest absolute Gasteiger partial charge is 0.277 e. The molecule has 7 nitrogen and oxygen atoms in total. The van der Waals surface area contributed by atoms with E-state index in [1.807, 2.05) is 12.1 Å². The van der Waals surface area contributed by atoms with E-state index in [1.54, 1.807) is 30.7 Å². The number of ether oxygens (including phenoxy) is 1. The van der Waals surface area contributed by atoms with Gasteiger partial charge in [-0.25, -0.2) is 4.98 Å². The summed E-state index contributed by atoms with van der Waals surface area (Å²) >= 11 is 0. The van der Waals surface area contributed by atoms with Gasteiger partial charge in [0.1, 0.15) is 11.6 Å². The molecule has 2 aromatic heterocycles. The van der Waals surface area contributed by atoms with E-state index in [0.717, 1.165) is 0 Å². The maximum atomic E-state index is 12.2. The topological polar surface area (TPSA) is 98.8 Å². The Kier molecular flexibility index (Phi) is 2.67. The van der Waals surface area contributed by atoms with Crippen molar-refractivity contribution in [1.29, 1.82) is 0 Å². The summed E-state index contributed by atoms with van der Waals surface area (Å²) in [5.74, 6) is 1.28. The average molecular weight is 271 g/mol. The summed E-state index contributed by atoms with van der Waals surface area (Å²) in [6.45, 7) is 1.69. The van der Waals surface area contributed by atoms with Gasteiger partial charge >= 0.3 is 0 Å². The summed E-state index contributed by atoms with van der Waals surface area (Å²) in [5.41, 5.74) is 6.90. The Morgan fingerprint density at radius 2 is 2.05 bits per heavy atom. The summed E-state index contributed by atoms with van der Waals surface area (Å²) in [5, 5.41) is 0. The van der Waals surface area contributed by atoms with Crippen LogP contribution in [0.25, 0.3) is 16.9 Å². The van der Waals surface area contributed by atoms with Crippen LogP contribution < -0.4 is 16.0 Å². The van der Waals surface area contributed by atoms with Crippen molar-refractivity contribution in [3.8, 4) is 11.4 Å². The van der Waals surface area contributed by atoms with Crippen LogP contribution in [-0.4, -0.2) is 26.6 Å². The molecule has 0 radical (unpaired) electrons. The number of benzene rings is 1. The molecule has 0 aliphatic rings. The van der Waals surface area contributed by atoms with Gasteiger partial charge in [-0.05, 0) is 19.1 Å². The number of nitrogens with two attached hydrogens (primary N) is 1. The van der Waals surface area contributed by atoms with Crippen molar-refractivity contribution in [1.82, 2.24) is 19.5 Å². The molecule has 0 amide bonds. The zero-order valence-electron chi connectivity index (χ0n) is 11.0. The quantitative estimate of drug-likeness (QED) is 0.724. The Bertz CT molecular complexity index is 850. The molecule has 3 rings (SSSR count). The molecule has 3 N–H and O–H groups in total. The fraction of sp³-hybridized carbons (Fsp3) is 0.154. The number of aromatic amines is 1. The van der Waals surface area contributed by atoms with E-state index < -0.39 is 0 Å². The lowest BCUT2D eigenvalue weighted by Gasteiger charge is -2.10. The largest absolute Gasteiger partial charge is 0.495 e. The first-order valence-corrected chi connectivity index (χ1v) is 6.00. The van der Waals surface area contributed by atoms with E-state index in [9.17, 15) is 4.79 Å². The van der Waals surface area contributed by atoms with Crippen molar-refractivity contribution < 1.29 is 4.74 Å². The number of aryl methyl sites for hydroxylation is 1. The molecule has 1 aromatic carbocycles. The van der Waals surface area contributed by atoms with Gasteiger partial charge < -0.3 is 15.5 Å². The number of H-pyrrole nitrogens is 1. The molecule has 0 saturated heterocycles. The monoisotopic (exact) mass is 271 g/mol. The molecule has 20 heavy (non-hydrogen) atoms. The van der Waals surface area contributed by atoms with Crippen LogP contribution >= 0.6 is 0 Å². The minimum absolute atomic E-state index is 0.188. The van der Waals surface area contributed by atoms with Gasteiger partial charge in [0, 0.05) is 0 Å². The van der Waals surface area contributed by atoms with Gasteiger partial charge in [-0.2, -0.15) is 4.98 Å². The zero-order valence-corrected chi connectivity index (χ0v) is 11.0. The van der Waals surface area contributed by atoms with Crippen LogP contribution in [0.15, 0.2) is 29.1 Å². The molecule has 0 spiro atoms. The number of nitrogens with zero attached hydrogens (tertiary/aromatic N) is 3. The van der Waals surface area contributed by atoms with E-state index in [-0.39, 0.29) is 11.5 Å². The lowest BCUT2D eigenvalue weighted by atomic mass is 10.3. The molecule has 0 atom stereocenters. The Hall–Kier alpha value is -2.83. The van der Waals surface area contributed by atoms with E-state index in [1.165, 1.54) is 0 Å². The summed E-state index contributed by atoms with van der Waals surface area (Å²) in [6.07, 6.45) is 0. The first-order chi connectivity index (χ1) is 9.61. The lowest BCUT2D eigenvalue weighted by Crippen LogP contribution is -2.14. The van der Waals surface area contributed by atoms with Gasteiger partial charge in [-0.1, -0.05) is 12.1 Å². The van der Waals surface area contributed by atoms with Gasteiger partial charge in [0.15, 0.2) is 11.2 Å². The van der Waals surface area contributed by atoms with Crippen LogP contribution in [0.1, 0.15) is 5.82 Å². The third-order valence-electron chi connectivity index (χ3n) is 2.99. The first-order valence-electron chi connectivity index (χ1n) is 6.00. The van der Waals surface area contributed by atoms with Gasteiger partial charge in [-0.3, -0.25) is 9.36 Å². The number of hydrogen-bond acceptors (Lipinski definition) is 5. The van der Waals surface area contributed by atoms with Crippen LogP contribution in [0.4, 0.5) is 5.95 Å². The van der Waals surface area contributed by atoms with Crippen LogP contribution in [-0.2, 0) is 0 Å². The Labute approximate surface area is 114 Å². The third kappa shape index (κ3) is 1.71. The molecule has 3 aromatic rings. The molecular weight excluding hydrogens is 258 g/mol. The number of imidazole rings is 1. The highest BCUT2D eigenvalue weighted by Gasteiger charge is 2.17. The predicted octanol–water partition coefficient (Wildman–Crippen LogP) is 1.01. The van der Waals surface area contributed by atoms with Crippen LogP contribution in [0.5, 0.6) is 5.75 Å². The molecule has 0 aliphatic heterocycles. The van der Waals surface area contributed by atoms with Gasteiger partial charge in [-0.15, -0.1) is 0 Å². The summed E-state index contributed by atoms with van der Waals surface area (Å²) in [4.78, 5) is 23.1. The van der Waals surface area contributed by atoms with E-state index >= 15 is 0 Å². The molecule has 102 valence electrons. The van der Waals surface area contributed by atoms with E-state index in [0.29, 0.717) is 28.4 Å². The Morgan fingerprint density at radius 3 is 2.80 bits per heavy atom. The molecule has 0 bridgehead atoms. The number of fused-ring (bicyclic) bond motifs is 1. The normalized spacial score (nSPS) is 10.9. The Balaban J connectivity index is 2.42. The lowest BCUT2D eigenvalue weighted by molar-refractivity contribution is 0.413. The van der Waals surface area contributed by atoms with Gasteiger partial charge in [0.25, 0.3) is 5.56 Å². The second kappa shape index (κ2) is 4.37. The fourth-order valence-electron chi connectivity index (χ4n) is 2.18. The summed E-state index contributed by atoms with van der Waals surface area (Å²) in [6, 6.07) is 7.26. The Morgan fingerprint density at radius 1 is 1.30 bits per heavy atom. The fourth-order valence-corrected chi connectivity index (χ4v) is 2.18. The number of rotatable bonds is 2. The minimum Gasteiger partial charge on any atom is -0.495 e. The maximum Gasteiger partial charge on any atom is 0.277 e. The van der Waals surface area contributed by atoms with Crippen molar-refractivity contribution in [2.45, 2.75) is 6.92 Å². The van der Waals surface area contributed by atoms with Crippen molar-refractivity contribution in [2.24, 2.45) is 0 Å². The molecule has 0 unspecified atom stereocenters. The SMILES string of the molecule is COc1ccccc1-n1c(N)nc2nc(C)[nH]c(=O)c21. The molecular formula is C13H13N5O2. The highest BCUT2D eigenvalue weighted by atomic mass is 16.5. The predicted molar refractivity (Wildman–Crippen MR) is 75.2 cm³/mol. The number of para-hydroxylation sites is 2. The van der Waals surface area contributed by atoms with Crippen molar-refractivity contribution in [3.05, 3.63) is 40.4 Å². The second-order valence-electron chi connectivity index (χ2n) is 4.30. The summed E-state index contributed by atoms with van der Waals surface area (Å²) in [7, 11) is 1.56. The molecule has 0 saturated carbocycles. The van der Waals surface area contributed by atoms with Crippen molar-refractivity contribution in [3.63, 3.8) is 0 Å². The number of nitrogens with one attached hydrogen (secondary N) is 1. The third-order valence-corrected chi connectivity index (χ3v) is 2.99. The highest BCUT2D eigenvalue weighted by Crippen LogP contribution is 2.27. The molecule has 0 aliphatic carbocycles. The van der Waals surface area contributed by atoms with Crippen molar-refractivity contribution in [2.75, 3.05) is 12.8 Å². The number of nitrogen functional groups attached to an aromatic ring is 1. The van der Waals surface area contributed by atoms with Crippen LogP contribution in [0.2, 0.25) is 0 Å². The van der Waals surface area contributed by atoms with Gasteiger partial charge in [0.2, 0.25) is 5.95 Å². The first kappa shape index (κ1) is 12.2. The number of aromatic nitrogens is 4. The number of anilines is 1. The average Bonchev–Trinajstić information content (AvgIpc) is 2.74. The standard InChI is InChI=1S/C13H13N5O2/c1-7-15-11-10(12(19)16-7)18(13(14)17-11)8-5-3-4-6-9(8)20-2/h3-6H,1-2H3,(H3,14,15,16,17,19). The van der Waals surface area contributed by atoms with Crippen LogP contribution in [0.3, 0.4) is 0 Å². The highest BCUT2D eigenvalue weighted by molar-refractivity contribution is 5.77. The molecule has 0 fully saturated rings. The molecule has 7 heteroatoms. The van der Waals surface area contributed by atoms with E-state index in [2.05, 4.69) is 15.0 Å².